The van der Waals surface area contributed by atoms with E-state index in [0.29, 0.717) is 55.8 Å². The van der Waals surface area contributed by atoms with Gasteiger partial charge in [0.1, 0.15) is 11.6 Å². The molecule has 5 rings (SSSR count). The van der Waals surface area contributed by atoms with Crippen LogP contribution in [0.2, 0.25) is 0 Å². The molecule has 2 atom stereocenters. The smallest absolute Gasteiger partial charge is 0.337 e. The number of hydrogen-bond donors (Lipinski definition) is 0. The minimum Gasteiger partial charge on any atom is -0.337 e. The number of rotatable bonds is 3. The Bertz CT molecular complexity index is 1390. The van der Waals surface area contributed by atoms with Crippen LogP contribution < -0.4 is 10.2 Å². The fourth-order valence-corrected chi connectivity index (χ4v) is 4.94. The number of anilines is 1. The van der Waals surface area contributed by atoms with E-state index < -0.39 is 0 Å². The molecule has 2 aliphatic heterocycles. The second-order valence-electron chi connectivity index (χ2n) is 8.95. The van der Waals surface area contributed by atoms with Gasteiger partial charge in [-0.15, -0.1) is 14.3 Å². The number of urea groups is 1. The molecule has 0 aliphatic carbocycles. The first-order chi connectivity index (χ1) is 17.3. The minimum absolute atomic E-state index is 0.139. The summed E-state index contributed by atoms with van der Waals surface area (Å²) in [5.41, 5.74) is 2.38. The fraction of sp³-hybridized carbons (Fsp3) is 0.375. The van der Waals surface area contributed by atoms with Gasteiger partial charge in [-0.05, 0) is 49.8 Å². The van der Waals surface area contributed by atoms with Crippen molar-refractivity contribution in [3.8, 4) is 11.9 Å². The van der Waals surface area contributed by atoms with Gasteiger partial charge in [0, 0.05) is 50.6 Å². The maximum atomic E-state index is 13.4. The van der Waals surface area contributed by atoms with Gasteiger partial charge in [0.05, 0.1) is 17.7 Å². The standard InChI is InChI=1S/C24H27N10OP/c1-15-14-26-23(29-22(15)33-17(3)28-16(2)30-33)31-6-8-32(9-7-31)24(35)34-21(4-5-27-34)19-10-18(13-25)11-20(36)12-19/h5,10-12,14,21H,4,6-9,36H2,1-3H3. The summed E-state index contributed by atoms with van der Waals surface area (Å²) in [6.07, 6.45) is 4.17. The Balaban J connectivity index is 1.29. The zero-order valence-corrected chi connectivity index (χ0v) is 21.6. The van der Waals surface area contributed by atoms with Gasteiger partial charge in [-0.25, -0.2) is 19.8 Å². The number of carbonyl (C=O) groups is 1. The Kier molecular flexibility index (Phi) is 6.37. The van der Waals surface area contributed by atoms with Crippen molar-refractivity contribution >= 4 is 32.7 Å². The lowest BCUT2D eigenvalue weighted by Crippen LogP contribution is -2.52. The van der Waals surface area contributed by atoms with E-state index in [-0.39, 0.29) is 12.1 Å². The molecule has 1 aromatic carbocycles. The van der Waals surface area contributed by atoms with Crippen LogP contribution in [0.1, 0.15) is 40.8 Å². The van der Waals surface area contributed by atoms with Crippen LogP contribution >= 0.6 is 9.24 Å². The predicted octanol–water partition coefficient (Wildman–Crippen LogP) is 2.03. The highest BCUT2D eigenvalue weighted by Crippen LogP contribution is 2.30. The molecule has 0 bridgehead atoms. The SMILES string of the molecule is Cc1nc(C)n(-c2nc(N3CCN(C(=O)N4N=CCC4c4cc(P)cc(C#N)c4)CC3)ncc2C)n1. The zero-order valence-electron chi connectivity index (χ0n) is 20.5. The van der Waals surface area contributed by atoms with E-state index in [2.05, 4.69) is 40.4 Å². The number of piperazine rings is 1. The van der Waals surface area contributed by atoms with Crippen molar-refractivity contribution in [2.45, 2.75) is 33.2 Å². The summed E-state index contributed by atoms with van der Waals surface area (Å²) < 4.78 is 1.74. The van der Waals surface area contributed by atoms with E-state index in [0.717, 1.165) is 22.3 Å². The summed E-state index contributed by atoms with van der Waals surface area (Å²) in [6.45, 7) is 7.96. The van der Waals surface area contributed by atoms with Crippen LogP contribution in [0, 0.1) is 32.1 Å². The summed E-state index contributed by atoms with van der Waals surface area (Å²) in [7, 11) is 2.62. The van der Waals surface area contributed by atoms with Crippen molar-refractivity contribution in [3.63, 3.8) is 0 Å². The Hall–Kier alpha value is -3.90. The molecular formula is C24H27N10OP. The first-order valence-corrected chi connectivity index (χ1v) is 12.3. The monoisotopic (exact) mass is 502 g/mol. The molecule has 4 heterocycles. The van der Waals surface area contributed by atoms with E-state index in [1.165, 1.54) is 5.01 Å². The molecule has 0 N–H and O–H groups in total. The van der Waals surface area contributed by atoms with E-state index in [4.69, 9.17) is 4.98 Å². The van der Waals surface area contributed by atoms with Crippen LogP contribution in [0.4, 0.5) is 10.7 Å². The molecule has 2 amide bonds. The molecule has 36 heavy (non-hydrogen) atoms. The molecule has 184 valence electrons. The van der Waals surface area contributed by atoms with Gasteiger partial charge in [0.15, 0.2) is 5.82 Å². The highest BCUT2D eigenvalue weighted by molar-refractivity contribution is 7.27. The molecule has 1 saturated heterocycles. The van der Waals surface area contributed by atoms with Crippen LogP contribution in [0.5, 0.6) is 0 Å². The number of nitriles is 1. The van der Waals surface area contributed by atoms with Crippen molar-refractivity contribution in [2.75, 3.05) is 31.1 Å². The molecule has 0 radical (unpaired) electrons. The molecule has 2 unspecified atom stereocenters. The van der Waals surface area contributed by atoms with Gasteiger partial charge in [-0.2, -0.15) is 20.0 Å². The maximum absolute atomic E-state index is 13.4. The van der Waals surface area contributed by atoms with Crippen LogP contribution in [-0.2, 0) is 0 Å². The Morgan fingerprint density at radius 3 is 2.58 bits per heavy atom. The summed E-state index contributed by atoms with van der Waals surface area (Å²) in [5.74, 6) is 2.77. The number of nitrogens with zero attached hydrogens (tertiary/aromatic N) is 10. The summed E-state index contributed by atoms with van der Waals surface area (Å²) >= 11 is 0. The van der Waals surface area contributed by atoms with Crippen LogP contribution in [0.25, 0.3) is 5.82 Å². The molecule has 3 aromatic rings. The predicted molar refractivity (Wildman–Crippen MR) is 139 cm³/mol. The second-order valence-corrected chi connectivity index (χ2v) is 9.61. The third-order valence-corrected chi connectivity index (χ3v) is 6.69. The van der Waals surface area contributed by atoms with E-state index in [9.17, 15) is 10.1 Å². The Labute approximate surface area is 211 Å². The van der Waals surface area contributed by atoms with Crippen molar-refractivity contribution in [1.29, 1.82) is 5.26 Å². The summed E-state index contributed by atoms with van der Waals surface area (Å²) in [5, 5.41) is 20.6. The summed E-state index contributed by atoms with van der Waals surface area (Å²) in [4.78, 5) is 31.0. The number of benzene rings is 1. The lowest BCUT2D eigenvalue weighted by molar-refractivity contribution is 0.139. The van der Waals surface area contributed by atoms with Crippen LogP contribution in [0.15, 0.2) is 29.5 Å². The molecule has 1 fully saturated rings. The van der Waals surface area contributed by atoms with Crippen molar-refractivity contribution < 1.29 is 4.79 Å². The van der Waals surface area contributed by atoms with Gasteiger partial charge in [0.2, 0.25) is 5.95 Å². The largest absolute Gasteiger partial charge is 0.341 e. The number of hydrogen-bond acceptors (Lipinski definition) is 8. The third-order valence-electron chi connectivity index (χ3n) is 6.36. The lowest BCUT2D eigenvalue weighted by atomic mass is 10.0. The first-order valence-electron chi connectivity index (χ1n) is 11.7. The van der Waals surface area contributed by atoms with Gasteiger partial charge < -0.3 is 9.80 Å². The van der Waals surface area contributed by atoms with Crippen molar-refractivity contribution in [2.24, 2.45) is 5.10 Å². The van der Waals surface area contributed by atoms with Crippen LogP contribution in [-0.4, -0.2) is 73.1 Å². The quantitative estimate of drug-likeness (QED) is 0.503. The minimum atomic E-state index is -0.222. The topological polar surface area (TPSA) is 119 Å². The Morgan fingerprint density at radius 2 is 1.89 bits per heavy atom. The number of carbonyl (C=O) groups excluding carboxylic acids is 1. The van der Waals surface area contributed by atoms with Crippen molar-refractivity contribution in [3.05, 3.63) is 52.7 Å². The van der Waals surface area contributed by atoms with E-state index in [1.54, 1.807) is 23.2 Å². The molecule has 11 nitrogen and oxygen atoms in total. The van der Waals surface area contributed by atoms with Gasteiger partial charge in [-0.3, -0.25) is 0 Å². The number of hydrazone groups is 1. The number of aryl methyl sites for hydroxylation is 3. The first kappa shape index (κ1) is 23.8. The average molecular weight is 503 g/mol. The van der Waals surface area contributed by atoms with E-state index in [1.807, 2.05) is 37.8 Å². The maximum Gasteiger partial charge on any atom is 0.341 e. The van der Waals surface area contributed by atoms with Gasteiger partial charge in [-0.1, -0.05) is 0 Å². The van der Waals surface area contributed by atoms with Gasteiger partial charge >= 0.3 is 6.03 Å². The lowest BCUT2D eigenvalue weighted by Gasteiger charge is -2.37. The molecule has 0 spiro atoms. The number of amides is 2. The second kappa shape index (κ2) is 9.63. The van der Waals surface area contributed by atoms with Crippen molar-refractivity contribution in [1.82, 2.24) is 34.6 Å². The summed E-state index contributed by atoms with van der Waals surface area (Å²) in [6, 6.07) is 7.44. The third kappa shape index (κ3) is 4.52. The highest BCUT2D eigenvalue weighted by Gasteiger charge is 2.33. The molecule has 0 saturated carbocycles. The average Bonchev–Trinajstić information content (AvgIpc) is 3.49. The molecule has 2 aliphatic rings. The zero-order chi connectivity index (χ0) is 25.4. The molecule has 2 aromatic heterocycles. The molecular weight excluding hydrogens is 475 g/mol. The fourth-order valence-electron chi connectivity index (χ4n) is 4.56. The molecule has 12 heteroatoms. The van der Waals surface area contributed by atoms with Gasteiger partial charge in [0.25, 0.3) is 0 Å². The Morgan fingerprint density at radius 1 is 1.11 bits per heavy atom. The van der Waals surface area contributed by atoms with Crippen LogP contribution in [0.3, 0.4) is 0 Å². The number of aromatic nitrogens is 5. The van der Waals surface area contributed by atoms with E-state index >= 15 is 0 Å². The normalized spacial score (nSPS) is 17.5. The highest BCUT2D eigenvalue weighted by atomic mass is 31.0.